The standard InChI is InChI=1S/C16H23N3O/c1-2-10-20-16-6-5-14(4-3-7-17)11-15(16)12-19-9-8-18-13-19/h5-6,8-9,11,13H,2-4,7,10,12,17H2,1H3. The molecule has 0 bridgehead atoms. The molecule has 4 heteroatoms. The number of rotatable bonds is 8. The second-order valence-corrected chi connectivity index (χ2v) is 4.92. The van der Waals surface area contributed by atoms with Gasteiger partial charge in [-0.15, -0.1) is 0 Å². The van der Waals surface area contributed by atoms with Gasteiger partial charge in [-0.1, -0.05) is 19.1 Å². The summed E-state index contributed by atoms with van der Waals surface area (Å²) in [7, 11) is 0. The van der Waals surface area contributed by atoms with Crippen LogP contribution >= 0.6 is 0 Å². The predicted molar refractivity (Wildman–Crippen MR) is 80.9 cm³/mol. The van der Waals surface area contributed by atoms with E-state index in [1.807, 2.05) is 12.5 Å². The highest BCUT2D eigenvalue weighted by Crippen LogP contribution is 2.22. The van der Waals surface area contributed by atoms with Crippen LogP contribution in [-0.2, 0) is 13.0 Å². The van der Waals surface area contributed by atoms with Crippen molar-refractivity contribution in [1.82, 2.24) is 9.55 Å². The number of hydrogen-bond donors (Lipinski definition) is 1. The third-order valence-corrected chi connectivity index (χ3v) is 3.17. The Labute approximate surface area is 120 Å². The van der Waals surface area contributed by atoms with E-state index in [0.717, 1.165) is 44.7 Å². The molecule has 108 valence electrons. The Bertz CT molecular complexity index is 508. The molecule has 2 rings (SSSR count). The fourth-order valence-electron chi connectivity index (χ4n) is 2.15. The highest BCUT2D eigenvalue weighted by Gasteiger charge is 2.06. The molecule has 0 saturated carbocycles. The second kappa shape index (κ2) is 7.70. The van der Waals surface area contributed by atoms with Gasteiger partial charge in [-0.3, -0.25) is 0 Å². The summed E-state index contributed by atoms with van der Waals surface area (Å²) >= 11 is 0. The molecule has 0 unspecified atom stereocenters. The smallest absolute Gasteiger partial charge is 0.124 e. The maximum atomic E-state index is 5.84. The second-order valence-electron chi connectivity index (χ2n) is 4.92. The summed E-state index contributed by atoms with van der Waals surface area (Å²) < 4.78 is 7.89. The van der Waals surface area contributed by atoms with Crippen molar-refractivity contribution in [3.05, 3.63) is 48.0 Å². The lowest BCUT2D eigenvalue weighted by Gasteiger charge is -2.13. The van der Waals surface area contributed by atoms with E-state index in [9.17, 15) is 0 Å². The van der Waals surface area contributed by atoms with Crippen molar-refractivity contribution in [2.24, 2.45) is 5.73 Å². The molecular weight excluding hydrogens is 250 g/mol. The molecule has 4 nitrogen and oxygen atoms in total. The van der Waals surface area contributed by atoms with Crippen LogP contribution in [0, 0.1) is 0 Å². The third kappa shape index (κ3) is 4.10. The molecule has 20 heavy (non-hydrogen) atoms. The van der Waals surface area contributed by atoms with Crippen molar-refractivity contribution in [3.8, 4) is 5.75 Å². The topological polar surface area (TPSA) is 53.1 Å². The van der Waals surface area contributed by atoms with E-state index in [1.165, 1.54) is 11.1 Å². The van der Waals surface area contributed by atoms with E-state index in [1.54, 1.807) is 6.20 Å². The van der Waals surface area contributed by atoms with Gasteiger partial charge in [-0.25, -0.2) is 4.98 Å². The fourth-order valence-corrected chi connectivity index (χ4v) is 2.15. The monoisotopic (exact) mass is 273 g/mol. The molecule has 0 fully saturated rings. The summed E-state index contributed by atoms with van der Waals surface area (Å²) in [4.78, 5) is 4.09. The third-order valence-electron chi connectivity index (χ3n) is 3.17. The van der Waals surface area contributed by atoms with Crippen LogP contribution in [0.25, 0.3) is 0 Å². The Morgan fingerprint density at radius 2 is 2.25 bits per heavy atom. The van der Waals surface area contributed by atoms with Crippen molar-refractivity contribution < 1.29 is 4.74 Å². The quantitative estimate of drug-likeness (QED) is 0.804. The van der Waals surface area contributed by atoms with Crippen molar-refractivity contribution >= 4 is 0 Å². The molecule has 1 aromatic carbocycles. The SMILES string of the molecule is CCCOc1ccc(CCCN)cc1Cn1ccnc1. The highest BCUT2D eigenvalue weighted by molar-refractivity contribution is 5.37. The minimum atomic E-state index is 0.727. The molecule has 2 aromatic rings. The number of aryl methyl sites for hydroxylation is 1. The van der Waals surface area contributed by atoms with Crippen LogP contribution in [0.4, 0.5) is 0 Å². The first-order chi connectivity index (χ1) is 9.83. The van der Waals surface area contributed by atoms with Crippen LogP contribution in [0.2, 0.25) is 0 Å². The van der Waals surface area contributed by atoms with Crippen LogP contribution in [0.3, 0.4) is 0 Å². The summed E-state index contributed by atoms with van der Waals surface area (Å²) in [6.07, 6.45) is 8.64. The van der Waals surface area contributed by atoms with Crippen LogP contribution < -0.4 is 10.5 Å². The van der Waals surface area contributed by atoms with E-state index < -0.39 is 0 Å². The van der Waals surface area contributed by atoms with Gasteiger partial charge >= 0.3 is 0 Å². The van der Waals surface area contributed by atoms with Gasteiger partial charge in [0.15, 0.2) is 0 Å². The molecule has 0 aliphatic heterocycles. The Morgan fingerprint density at radius 1 is 1.35 bits per heavy atom. The average molecular weight is 273 g/mol. The van der Waals surface area contributed by atoms with E-state index >= 15 is 0 Å². The maximum Gasteiger partial charge on any atom is 0.124 e. The molecule has 0 radical (unpaired) electrons. The largest absolute Gasteiger partial charge is 0.493 e. The van der Waals surface area contributed by atoms with Crippen molar-refractivity contribution in [2.45, 2.75) is 32.7 Å². The number of hydrogen-bond acceptors (Lipinski definition) is 3. The molecule has 1 aromatic heterocycles. The summed E-state index contributed by atoms with van der Waals surface area (Å²) in [5.74, 6) is 0.969. The number of aromatic nitrogens is 2. The van der Waals surface area contributed by atoms with E-state index in [2.05, 4.69) is 34.7 Å². The maximum absolute atomic E-state index is 5.84. The molecule has 0 saturated heterocycles. The summed E-state index contributed by atoms with van der Waals surface area (Å²) in [6.45, 7) is 4.38. The molecule has 0 aliphatic carbocycles. The van der Waals surface area contributed by atoms with Crippen LogP contribution in [-0.4, -0.2) is 22.7 Å². The number of nitrogens with zero attached hydrogens (tertiary/aromatic N) is 2. The first kappa shape index (κ1) is 14.6. The molecule has 0 aliphatic rings. The van der Waals surface area contributed by atoms with Crippen molar-refractivity contribution in [3.63, 3.8) is 0 Å². The van der Waals surface area contributed by atoms with Gasteiger partial charge in [0, 0.05) is 18.0 Å². The van der Waals surface area contributed by atoms with Gasteiger partial charge in [-0.2, -0.15) is 0 Å². The fraction of sp³-hybridized carbons (Fsp3) is 0.438. The zero-order chi connectivity index (χ0) is 14.2. The number of nitrogens with two attached hydrogens (primary N) is 1. The van der Waals surface area contributed by atoms with Gasteiger partial charge < -0.3 is 15.0 Å². The number of ether oxygens (including phenoxy) is 1. The molecular formula is C16H23N3O. The Kier molecular flexibility index (Phi) is 5.62. The highest BCUT2D eigenvalue weighted by atomic mass is 16.5. The average Bonchev–Trinajstić information content (AvgIpc) is 2.97. The number of imidazole rings is 1. The zero-order valence-electron chi connectivity index (χ0n) is 12.1. The van der Waals surface area contributed by atoms with Gasteiger partial charge in [0.25, 0.3) is 0 Å². The van der Waals surface area contributed by atoms with Crippen molar-refractivity contribution in [2.75, 3.05) is 13.2 Å². The van der Waals surface area contributed by atoms with Gasteiger partial charge in [0.05, 0.1) is 19.5 Å². The van der Waals surface area contributed by atoms with E-state index in [4.69, 9.17) is 10.5 Å². The zero-order valence-corrected chi connectivity index (χ0v) is 12.1. The minimum Gasteiger partial charge on any atom is -0.493 e. The molecule has 0 amide bonds. The van der Waals surface area contributed by atoms with E-state index in [-0.39, 0.29) is 0 Å². The van der Waals surface area contributed by atoms with Crippen LogP contribution in [0.5, 0.6) is 5.75 Å². The lowest BCUT2D eigenvalue weighted by Crippen LogP contribution is -2.05. The van der Waals surface area contributed by atoms with Gasteiger partial charge in [0.1, 0.15) is 5.75 Å². The molecule has 2 N–H and O–H groups in total. The van der Waals surface area contributed by atoms with Gasteiger partial charge in [0.2, 0.25) is 0 Å². The van der Waals surface area contributed by atoms with Crippen molar-refractivity contribution in [1.29, 1.82) is 0 Å². The summed E-state index contributed by atoms with van der Waals surface area (Å²) in [5.41, 5.74) is 8.10. The normalized spacial score (nSPS) is 10.7. The molecule has 0 atom stereocenters. The van der Waals surface area contributed by atoms with E-state index in [0.29, 0.717) is 0 Å². The van der Waals surface area contributed by atoms with Gasteiger partial charge in [-0.05, 0) is 37.4 Å². The lowest BCUT2D eigenvalue weighted by atomic mass is 10.1. The Hall–Kier alpha value is -1.81. The molecule has 1 heterocycles. The predicted octanol–water partition coefficient (Wildman–Crippen LogP) is 2.61. The Balaban J connectivity index is 2.17. The molecule has 0 spiro atoms. The van der Waals surface area contributed by atoms with Crippen LogP contribution in [0.1, 0.15) is 30.9 Å². The lowest BCUT2D eigenvalue weighted by molar-refractivity contribution is 0.313. The Morgan fingerprint density at radius 3 is 2.95 bits per heavy atom. The summed E-state index contributed by atoms with van der Waals surface area (Å²) in [6, 6.07) is 6.44. The summed E-state index contributed by atoms with van der Waals surface area (Å²) in [5, 5.41) is 0. The number of benzene rings is 1. The first-order valence-electron chi connectivity index (χ1n) is 7.24. The first-order valence-corrected chi connectivity index (χ1v) is 7.24. The minimum absolute atomic E-state index is 0.727. The van der Waals surface area contributed by atoms with Crippen LogP contribution in [0.15, 0.2) is 36.9 Å².